The Hall–Kier alpha value is -1.20. The third kappa shape index (κ3) is 3.19. The highest BCUT2D eigenvalue weighted by Gasteiger charge is 2.24. The zero-order valence-electron chi connectivity index (χ0n) is 13.1. The fourth-order valence-electron chi connectivity index (χ4n) is 3.45. The second-order valence-corrected chi connectivity index (χ2v) is 6.25. The molecule has 1 aliphatic carbocycles. The van der Waals surface area contributed by atoms with Crippen LogP contribution >= 0.6 is 0 Å². The maximum atomic E-state index is 6.22. The molecule has 0 aromatic carbocycles. The van der Waals surface area contributed by atoms with Gasteiger partial charge in [0.05, 0.1) is 6.04 Å². The van der Waals surface area contributed by atoms with Crippen LogP contribution in [0.4, 0.5) is 5.82 Å². The van der Waals surface area contributed by atoms with E-state index in [2.05, 4.69) is 10.2 Å². The number of aryl methyl sites for hydroxylation is 1. The van der Waals surface area contributed by atoms with Crippen molar-refractivity contribution in [3.8, 4) is 0 Å². The van der Waals surface area contributed by atoms with Gasteiger partial charge in [-0.2, -0.15) is 0 Å². The number of likely N-dealkylation sites (N-methyl/N-ethyl adjacent to an activating group) is 1. The standard InChI is InChI=1S/C16H27N5/c1-18-11-13(17)15-19-14-8-6-7-12(14)16(20-15)21-9-4-2-3-5-10-21/h13,18H,2-11,17H2,1H3. The minimum atomic E-state index is -0.119. The summed E-state index contributed by atoms with van der Waals surface area (Å²) in [5.74, 6) is 1.99. The largest absolute Gasteiger partial charge is 0.356 e. The van der Waals surface area contributed by atoms with E-state index in [-0.39, 0.29) is 6.04 Å². The number of anilines is 1. The maximum absolute atomic E-state index is 6.22. The lowest BCUT2D eigenvalue weighted by atomic mass is 10.2. The van der Waals surface area contributed by atoms with Crippen LogP contribution in [0.25, 0.3) is 0 Å². The van der Waals surface area contributed by atoms with Crippen molar-refractivity contribution in [3.05, 3.63) is 17.1 Å². The molecule has 1 fully saturated rings. The first-order valence-corrected chi connectivity index (χ1v) is 8.34. The number of hydrogen-bond acceptors (Lipinski definition) is 5. The third-order valence-corrected chi connectivity index (χ3v) is 4.59. The Morgan fingerprint density at radius 1 is 1.10 bits per heavy atom. The van der Waals surface area contributed by atoms with Gasteiger partial charge in [0, 0.05) is 30.9 Å². The highest BCUT2D eigenvalue weighted by molar-refractivity contribution is 5.51. The lowest BCUT2D eigenvalue weighted by Gasteiger charge is -2.25. The molecular formula is C16H27N5. The van der Waals surface area contributed by atoms with Crippen LogP contribution in [-0.4, -0.2) is 36.6 Å². The first kappa shape index (κ1) is 14.7. The molecule has 1 aliphatic heterocycles. The molecule has 0 bridgehead atoms. The Balaban J connectivity index is 1.93. The molecule has 0 spiro atoms. The topological polar surface area (TPSA) is 67.1 Å². The van der Waals surface area contributed by atoms with Gasteiger partial charge in [0.2, 0.25) is 0 Å². The summed E-state index contributed by atoms with van der Waals surface area (Å²) in [6, 6.07) is -0.119. The van der Waals surface area contributed by atoms with Crippen LogP contribution in [0.2, 0.25) is 0 Å². The van der Waals surface area contributed by atoms with Gasteiger partial charge in [-0.3, -0.25) is 0 Å². The van der Waals surface area contributed by atoms with Crippen LogP contribution in [0.15, 0.2) is 0 Å². The molecule has 1 aromatic rings. The lowest BCUT2D eigenvalue weighted by molar-refractivity contribution is 0.611. The SMILES string of the molecule is CNCC(N)c1nc2c(c(N3CCCCCC3)n1)CCC2. The summed E-state index contributed by atoms with van der Waals surface area (Å²) in [7, 11) is 1.92. The average molecular weight is 289 g/mol. The summed E-state index contributed by atoms with van der Waals surface area (Å²) in [6.45, 7) is 2.98. The summed E-state index contributed by atoms with van der Waals surface area (Å²) in [5.41, 5.74) is 8.85. The molecule has 0 amide bonds. The number of fused-ring (bicyclic) bond motifs is 1. The van der Waals surface area contributed by atoms with Gasteiger partial charge in [-0.05, 0) is 39.2 Å². The predicted molar refractivity (Wildman–Crippen MR) is 85.6 cm³/mol. The summed E-state index contributed by atoms with van der Waals surface area (Å²) in [4.78, 5) is 12.1. The fraction of sp³-hybridized carbons (Fsp3) is 0.750. The lowest BCUT2D eigenvalue weighted by Crippen LogP contribution is -2.30. The summed E-state index contributed by atoms with van der Waals surface area (Å²) in [5, 5.41) is 3.12. The molecule has 1 aromatic heterocycles. The highest BCUT2D eigenvalue weighted by Crippen LogP contribution is 2.31. The van der Waals surface area contributed by atoms with Gasteiger partial charge in [0.1, 0.15) is 11.6 Å². The Morgan fingerprint density at radius 3 is 2.57 bits per heavy atom. The Morgan fingerprint density at radius 2 is 1.86 bits per heavy atom. The van der Waals surface area contributed by atoms with Crippen molar-refractivity contribution in [1.29, 1.82) is 0 Å². The minimum absolute atomic E-state index is 0.119. The molecule has 2 aliphatic rings. The summed E-state index contributed by atoms with van der Waals surface area (Å²) < 4.78 is 0. The molecule has 3 N–H and O–H groups in total. The first-order valence-electron chi connectivity index (χ1n) is 8.34. The first-order chi connectivity index (χ1) is 10.3. The number of nitrogens with zero attached hydrogens (tertiary/aromatic N) is 3. The van der Waals surface area contributed by atoms with Crippen molar-refractivity contribution in [2.24, 2.45) is 5.73 Å². The second-order valence-electron chi connectivity index (χ2n) is 6.25. The van der Waals surface area contributed by atoms with Crippen LogP contribution in [0.3, 0.4) is 0 Å². The van der Waals surface area contributed by atoms with E-state index in [1.54, 1.807) is 0 Å². The van der Waals surface area contributed by atoms with Gasteiger partial charge in [-0.25, -0.2) is 9.97 Å². The van der Waals surface area contributed by atoms with E-state index in [1.165, 1.54) is 49.2 Å². The quantitative estimate of drug-likeness (QED) is 0.880. The molecule has 0 saturated carbocycles. The molecule has 116 valence electrons. The molecule has 1 atom stereocenters. The molecule has 1 saturated heterocycles. The van der Waals surface area contributed by atoms with Crippen LogP contribution in [0, 0.1) is 0 Å². The zero-order chi connectivity index (χ0) is 14.7. The maximum Gasteiger partial charge on any atom is 0.148 e. The van der Waals surface area contributed by atoms with Gasteiger partial charge < -0.3 is 16.0 Å². The van der Waals surface area contributed by atoms with Gasteiger partial charge in [-0.1, -0.05) is 12.8 Å². The third-order valence-electron chi connectivity index (χ3n) is 4.59. The summed E-state index contributed by atoms with van der Waals surface area (Å²) in [6.07, 6.45) is 8.65. The summed E-state index contributed by atoms with van der Waals surface area (Å²) >= 11 is 0. The monoisotopic (exact) mass is 289 g/mol. The zero-order valence-corrected chi connectivity index (χ0v) is 13.1. The number of rotatable bonds is 4. The van der Waals surface area contributed by atoms with E-state index >= 15 is 0 Å². The molecule has 21 heavy (non-hydrogen) atoms. The Kier molecular flexibility index (Phi) is 4.70. The van der Waals surface area contributed by atoms with Gasteiger partial charge >= 0.3 is 0 Å². The van der Waals surface area contributed by atoms with Gasteiger partial charge in [0.25, 0.3) is 0 Å². The van der Waals surface area contributed by atoms with Crippen molar-refractivity contribution in [1.82, 2.24) is 15.3 Å². The smallest absolute Gasteiger partial charge is 0.148 e. The van der Waals surface area contributed by atoms with E-state index in [1.807, 2.05) is 7.05 Å². The number of aromatic nitrogens is 2. The van der Waals surface area contributed by atoms with E-state index in [0.717, 1.165) is 38.3 Å². The van der Waals surface area contributed by atoms with Crippen molar-refractivity contribution in [2.75, 3.05) is 31.6 Å². The molecule has 5 nitrogen and oxygen atoms in total. The molecule has 2 heterocycles. The molecule has 0 radical (unpaired) electrons. The van der Waals surface area contributed by atoms with Crippen molar-refractivity contribution in [3.63, 3.8) is 0 Å². The normalized spacial score (nSPS) is 20.2. The predicted octanol–water partition coefficient (Wildman–Crippen LogP) is 1.56. The van der Waals surface area contributed by atoms with Crippen LogP contribution in [-0.2, 0) is 12.8 Å². The Labute approximate surface area is 127 Å². The van der Waals surface area contributed by atoms with E-state index < -0.39 is 0 Å². The number of hydrogen-bond donors (Lipinski definition) is 2. The van der Waals surface area contributed by atoms with Crippen LogP contribution < -0.4 is 16.0 Å². The molecule has 1 unspecified atom stereocenters. The highest BCUT2D eigenvalue weighted by atomic mass is 15.2. The van der Waals surface area contributed by atoms with Crippen molar-refractivity contribution < 1.29 is 0 Å². The number of nitrogens with two attached hydrogens (primary N) is 1. The van der Waals surface area contributed by atoms with Gasteiger partial charge in [0.15, 0.2) is 0 Å². The average Bonchev–Trinajstić information content (AvgIpc) is 2.80. The molecule has 3 rings (SSSR count). The van der Waals surface area contributed by atoms with Crippen LogP contribution in [0.1, 0.15) is 55.2 Å². The van der Waals surface area contributed by atoms with E-state index in [0.29, 0.717) is 0 Å². The van der Waals surface area contributed by atoms with Crippen molar-refractivity contribution >= 4 is 5.82 Å². The van der Waals surface area contributed by atoms with E-state index in [4.69, 9.17) is 15.7 Å². The second kappa shape index (κ2) is 6.71. The Bertz CT molecular complexity index is 480. The molecule has 5 heteroatoms. The minimum Gasteiger partial charge on any atom is -0.356 e. The van der Waals surface area contributed by atoms with Crippen LogP contribution in [0.5, 0.6) is 0 Å². The number of nitrogens with one attached hydrogen (secondary N) is 1. The fourth-order valence-corrected chi connectivity index (χ4v) is 3.45. The van der Waals surface area contributed by atoms with Gasteiger partial charge in [-0.15, -0.1) is 0 Å². The van der Waals surface area contributed by atoms with E-state index in [9.17, 15) is 0 Å². The van der Waals surface area contributed by atoms with Crippen molar-refractivity contribution in [2.45, 2.75) is 51.0 Å². The molecular weight excluding hydrogens is 262 g/mol.